The number of amides is 1. The van der Waals surface area contributed by atoms with Gasteiger partial charge in [0.05, 0.1) is 39.9 Å². The normalized spacial score (nSPS) is 15.0. The van der Waals surface area contributed by atoms with Crippen LogP contribution >= 0.6 is 7.82 Å². The summed E-state index contributed by atoms with van der Waals surface area (Å²) in [7, 11) is 1.29. The molecule has 0 aromatic rings. The summed E-state index contributed by atoms with van der Waals surface area (Å²) in [6.45, 7) is 4.62. The third kappa shape index (κ3) is 29.9. The van der Waals surface area contributed by atoms with Gasteiger partial charge in [-0.1, -0.05) is 122 Å². The average molecular weight is 647 g/mol. The fourth-order valence-electron chi connectivity index (χ4n) is 5.03. The lowest BCUT2D eigenvalue weighted by Gasteiger charge is -2.30. The van der Waals surface area contributed by atoms with E-state index in [1.165, 1.54) is 83.5 Å². The van der Waals surface area contributed by atoms with E-state index in [9.17, 15) is 19.4 Å². The fourth-order valence-corrected chi connectivity index (χ4v) is 5.75. The lowest BCUT2D eigenvalue weighted by Crippen LogP contribution is -2.46. The molecule has 0 heterocycles. The molecule has 0 aliphatic rings. The largest absolute Gasteiger partial charge is 0.756 e. The maximum absolute atomic E-state index is 12.6. The summed E-state index contributed by atoms with van der Waals surface area (Å²) in [6.07, 6.45) is 28.0. The van der Waals surface area contributed by atoms with Crippen LogP contribution in [0.15, 0.2) is 12.2 Å². The van der Waals surface area contributed by atoms with Crippen LogP contribution in [0.3, 0.4) is 0 Å². The van der Waals surface area contributed by atoms with Crippen LogP contribution in [0.1, 0.15) is 155 Å². The van der Waals surface area contributed by atoms with E-state index in [0.717, 1.165) is 44.9 Å². The smallest absolute Gasteiger partial charge is 0.268 e. The lowest BCUT2D eigenvalue weighted by atomic mass is 10.0. The van der Waals surface area contributed by atoms with E-state index >= 15 is 0 Å². The van der Waals surface area contributed by atoms with Gasteiger partial charge >= 0.3 is 0 Å². The first-order valence-corrected chi connectivity index (χ1v) is 19.5. The van der Waals surface area contributed by atoms with E-state index in [1.807, 2.05) is 21.1 Å². The molecule has 1 amide bonds. The molecule has 0 aromatic carbocycles. The zero-order valence-electron chi connectivity index (χ0n) is 29.4. The molecule has 2 N–H and O–H groups in total. The number of unbranched alkanes of at least 4 members (excludes halogenated alkanes) is 17. The second kappa shape index (κ2) is 28.5. The third-order valence-corrected chi connectivity index (χ3v) is 8.97. The summed E-state index contributed by atoms with van der Waals surface area (Å²) in [6, 6.07) is -0.807. The number of phosphoric acid groups is 1. The van der Waals surface area contributed by atoms with E-state index < -0.39 is 20.0 Å². The predicted molar refractivity (Wildman–Crippen MR) is 182 cm³/mol. The predicted octanol–water partition coefficient (Wildman–Crippen LogP) is 8.22. The number of aliphatic hydroxyl groups excluding tert-OH is 1. The Morgan fingerprint density at radius 1 is 0.773 bits per heavy atom. The number of allylic oxidation sites excluding steroid dienone is 2. The van der Waals surface area contributed by atoms with Gasteiger partial charge in [-0.2, -0.15) is 0 Å². The van der Waals surface area contributed by atoms with Crippen molar-refractivity contribution in [2.45, 2.75) is 167 Å². The Bertz CT molecular complexity index is 743. The molecule has 0 aromatic heterocycles. The van der Waals surface area contributed by atoms with Crippen LogP contribution in [0.4, 0.5) is 0 Å². The minimum atomic E-state index is -4.55. The van der Waals surface area contributed by atoms with Gasteiger partial charge in [-0.3, -0.25) is 9.36 Å². The Hall–Kier alpha value is -0.760. The minimum absolute atomic E-state index is 0.00869. The molecule has 0 bridgehead atoms. The van der Waals surface area contributed by atoms with Crippen LogP contribution in [0.2, 0.25) is 0 Å². The second-order valence-corrected chi connectivity index (χ2v) is 15.0. The number of carbonyl (C=O) groups excluding carboxylic acids is 1. The summed E-state index contributed by atoms with van der Waals surface area (Å²) in [5.41, 5.74) is 0. The van der Waals surface area contributed by atoms with Gasteiger partial charge in [0.15, 0.2) is 0 Å². The van der Waals surface area contributed by atoms with Crippen molar-refractivity contribution in [3.63, 3.8) is 0 Å². The molecular weight excluding hydrogens is 575 g/mol. The van der Waals surface area contributed by atoms with E-state index in [-0.39, 0.29) is 19.1 Å². The Morgan fingerprint density at radius 2 is 1.25 bits per heavy atom. The van der Waals surface area contributed by atoms with Crippen molar-refractivity contribution in [2.75, 3.05) is 40.9 Å². The maximum atomic E-state index is 12.6. The summed E-state index contributed by atoms with van der Waals surface area (Å²) < 4.78 is 23.0. The Labute approximate surface area is 272 Å². The molecule has 262 valence electrons. The maximum Gasteiger partial charge on any atom is 0.268 e. The van der Waals surface area contributed by atoms with Crippen molar-refractivity contribution in [2.24, 2.45) is 0 Å². The van der Waals surface area contributed by atoms with E-state index in [4.69, 9.17) is 9.05 Å². The van der Waals surface area contributed by atoms with Crippen molar-refractivity contribution < 1.29 is 32.9 Å². The Kier molecular flexibility index (Phi) is 28.0. The van der Waals surface area contributed by atoms with Crippen LogP contribution in [-0.2, 0) is 18.4 Å². The minimum Gasteiger partial charge on any atom is -0.756 e. The number of carbonyl (C=O) groups is 1. The highest BCUT2D eigenvalue weighted by molar-refractivity contribution is 7.45. The zero-order chi connectivity index (χ0) is 32.9. The summed E-state index contributed by atoms with van der Waals surface area (Å²) in [4.78, 5) is 25.0. The average Bonchev–Trinajstić information content (AvgIpc) is 2.95. The number of quaternary nitrogens is 1. The van der Waals surface area contributed by atoms with Gasteiger partial charge in [0.25, 0.3) is 7.82 Å². The first kappa shape index (κ1) is 43.2. The molecule has 0 saturated carbocycles. The molecule has 9 heteroatoms. The summed E-state index contributed by atoms with van der Waals surface area (Å²) >= 11 is 0. The third-order valence-electron chi connectivity index (χ3n) is 8.00. The lowest BCUT2D eigenvalue weighted by molar-refractivity contribution is -0.870. The number of phosphoric ester groups is 1. The van der Waals surface area contributed by atoms with Crippen molar-refractivity contribution >= 4 is 13.7 Å². The molecule has 1 unspecified atom stereocenters. The highest BCUT2D eigenvalue weighted by atomic mass is 31.2. The second-order valence-electron chi connectivity index (χ2n) is 13.6. The van der Waals surface area contributed by atoms with E-state index in [0.29, 0.717) is 23.9 Å². The Balaban J connectivity index is 4.48. The molecule has 0 fully saturated rings. The van der Waals surface area contributed by atoms with Crippen LogP contribution in [-0.4, -0.2) is 68.5 Å². The van der Waals surface area contributed by atoms with E-state index in [2.05, 4.69) is 31.3 Å². The first-order valence-electron chi connectivity index (χ1n) is 18.0. The highest BCUT2D eigenvalue weighted by Crippen LogP contribution is 2.38. The quantitative estimate of drug-likeness (QED) is 0.0330. The Morgan fingerprint density at radius 3 is 1.77 bits per heavy atom. The molecular formula is C35H71N2O6P. The van der Waals surface area contributed by atoms with Gasteiger partial charge in [-0.05, 0) is 38.5 Å². The van der Waals surface area contributed by atoms with E-state index in [1.54, 1.807) is 0 Å². The molecule has 0 saturated heterocycles. The van der Waals surface area contributed by atoms with Crippen molar-refractivity contribution in [1.82, 2.24) is 5.32 Å². The molecule has 0 rings (SSSR count). The number of likely N-dealkylation sites (N-methyl/N-ethyl adjacent to an activating group) is 1. The van der Waals surface area contributed by atoms with Gasteiger partial charge in [-0.25, -0.2) is 0 Å². The van der Waals surface area contributed by atoms with Crippen LogP contribution < -0.4 is 10.2 Å². The number of aliphatic hydroxyl groups is 1. The molecule has 0 aliphatic heterocycles. The monoisotopic (exact) mass is 647 g/mol. The molecule has 44 heavy (non-hydrogen) atoms. The number of nitrogens with zero attached hydrogens (tertiary/aromatic N) is 1. The van der Waals surface area contributed by atoms with Crippen molar-refractivity contribution in [1.29, 1.82) is 0 Å². The number of rotatable bonds is 32. The van der Waals surface area contributed by atoms with Gasteiger partial charge in [0.2, 0.25) is 5.91 Å². The summed E-state index contributed by atoms with van der Waals surface area (Å²) in [5, 5.41) is 13.7. The first-order chi connectivity index (χ1) is 21.0. The molecule has 0 aliphatic carbocycles. The number of nitrogens with one attached hydrogen (secondary N) is 1. The van der Waals surface area contributed by atoms with Gasteiger partial charge in [0.1, 0.15) is 13.2 Å². The standard InChI is InChI=1S/C35H71N2O6P/c1-6-8-10-12-14-15-16-17-18-19-20-21-23-24-26-28-34(38)33(32-43-44(40,41)42-31-30-37(3,4)5)36-35(39)29-27-25-22-13-11-9-7-2/h20-21,33-34,38H,6-19,22-32H2,1-5H3,(H-,36,39,40,41)/b21-20+/t33-,34+/m1/s1. The molecule has 0 radical (unpaired) electrons. The van der Waals surface area contributed by atoms with Gasteiger partial charge in [-0.15, -0.1) is 0 Å². The van der Waals surface area contributed by atoms with Crippen molar-refractivity contribution in [3.8, 4) is 0 Å². The van der Waals surface area contributed by atoms with Gasteiger partial charge < -0.3 is 28.8 Å². The van der Waals surface area contributed by atoms with Crippen LogP contribution in [0.25, 0.3) is 0 Å². The topological polar surface area (TPSA) is 108 Å². The van der Waals surface area contributed by atoms with Gasteiger partial charge in [0, 0.05) is 6.42 Å². The SMILES string of the molecule is CCCCCCCCCCC/C=C/CCCC[C@H](O)[C@@H](COP(=O)([O-])OCC[N+](C)(C)C)NC(=O)CCCCCCCCC. The van der Waals surface area contributed by atoms with Crippen molar-refractivity contribution in [3.05, 3.63) is 12.2 Å². The molecule has 0 spiro atoms. The molecule has 8 nitrogen and oxygen atoms in total. The number of hydrogen-bond donors (Lipinski definition) is 2. The number of hydrogen-bond acceptors (Lipinski definition) is 6. The zero-order valence-corrected chi connectivity index (χ0v) is 30.3. The fraction of sp³-hybridized carbons (Fsp3) is 0.914. The van der Waals surface area contributed by atoms with Crippen LogP contribution in [0, 0.1) is 0 Å². The summed E-state index contributed by atoms with van der Waals surface area (Å²) in [5.74, 6) is -0.183. The van der Waals surface area contributed by atoms with Crippen LogP contribution in [0.5, 0.6) is 0 Å². The molecule has 3 atom stereocenters. The highest BCUT2D eigenvalue weighted by Gasteiger charge is 2.24.